The van der Waals surface area contributed by atoms with E-state index in [1.807, 2.05) is 36.9 Å². The average Bonchev–Trinajstić information content (AvgIpc) is 2.93. The molecule has 0 radical (unpaired) electrons. The van der Waals surface area contributed by atoms with E-state index in [-0.39, 0.29) is 0 Å². The highest BCUT2D eigenvalue weighted by Gasteiger charge is 2.19. The van der Waals surface area contributed by atoms with E-state index in [1.165, 1.54) is 0 Å². The SMILES string of the molecule is Cc1nn(C)c2c1nc(CCCl)n2-c1cc(Cl)ccc1Br. The number of hydrogen-bond acceptors (Lipinski definition) is 2. The number of imidazole rings is 1. The molecular weight excluding hydrogens is 375 g/mol. The summed E-state index contributed by atoms with van der Waals surface area (Å²) >= 11 is 15.7. The predicted octanol–water partition coefficient (Wildman–Crippen LogP) is 4.26. The third-order valence-corrected chi connectivity index (χ3v) is 4.43. The second-order valence-corrected chi connectivity index (χ2v) is 6.45. The Balaban J connectivity index is 2.38. The maximum atomic E-state index is 6.16. The number of benzene rings is 1. The van der Waals surface area contributed by atoms with Crippen molar-refractivity contribution in [2.45, 2.75) is 13.3 Å². The molecule has 0 aliphatic heterocycles. The Morgan fingerprint density at radius 2 is 2.10 bits per heavy atom. The fourth-order valence-electron chi connectivity index (χ4n) is 2.48. The molecule has 0 amide bonds. The van der Waals surface area contributed by atoms with Crippen LogP contribution in [0.1, 0.15) is 11.5 Å². The summed E-state index contributed by atoms with van der Waals surface area (Å²) in [6, 6.07) is 5.68. The number of aryl methyl sites for hydroxylation is 3. The Hall–Kier alpha value is -1.04. The first-order chi connectivity index (χ1) is 10.0. The number of aromatic nitrogens is 4. The lowest BCUT2D eigenvalue weighted by Gasteiger charge is -2.11. The maximum absolute atomic E-state index is 6.16. The van der Waals surface area contributed by atoms with E-state index in [0.717, 1.165) is 32.8 Å². The Morgan fingerprint density at radius 1 is 1.33 bits per heavy atom. The van der Waals surface area contributed by atoms with Crippen LogP contribution in [0.25, 0.3) is 16.9 Å². The minimum atomic E-state index is 0.508. The highest BCUT2D eigenvalue weighted by Crippen LogP contribution is 2.30. The zero-order valence-electron chi connectivity index (χ0n) is 11.6. The molecular formula is C14H13BrCl2N4. The van der Waals surface area contributed by atoms with Crippen LogP contribution in [0, 0.1) is 6.92 Å². The van der Waals surface area contributed by atoms with E-state index >= 15 is 0 Å². The molecule has 0 aliphatic carbocycles. The summed E-state index contributed by atoms with van der Waals surface area (Å²) in [5.74, 6) is 1.41. The Morgan fingerprint density at radius 3 is 2.81 bits per heavy atom. The van der Waals surface area contributed by atoms with Gasteiger partial charge in [0, 0.05) is 28.8 Å². The van der Waals surface area contributed by atoms with E-state index in [9.17, 15) is 0 Å². The van der Waals surface area contributed by atoms with Gasteiger partial charge in [-0.1, -0.05) is 11.6 Å². The molecule has 3 rings (SSSR count). The van der Waals surface area contributed by atoms with Gasteiger partial charge in [-0.05, 0) is 41.1 Å². The predicted molar refractivity (Wildman–Crippen MR) is 89.7 cm³/mol. The molecule has 3 aromatic rings. The molecule has 110 valence electrons. The van der Waals surface area contributed by atoms with E-state index in [4.69, 9.17) is 28.2 Å². The van der Waals surface area contributed by atoms with Crippen LogP contribution in [-0.4, -0.2) is 25.2 Å². The Labute approximate surface area is 140 Å². The van der Waals surface area contributed by atoms with Crippen molar-refractivity contribution in [2.75, 3.05) is 5.88 Å². The van der Waals surface area contributed by atoms with Gasteiger partial charge in [0.15, 0.2) is 5.65 Å². The van der Waals surface area contributed by atoms with Crippen molar-refractivity contribution in [1.82, 2.24) is 19.3 Å². The van der Waals surface area contributed by atoms with Gasteiger partial charge in [-0.3, -0.25) is 4.57 Å². The fourth-order valence-corrected chi connectivity index (χ4v) is 3.24. The van der Waals surface area contributed by atoms with Crippen LogP contribution < -0.4 is 0 Å². The number of alkyl halides is 1. The second-order valence-electron chi connectivity index (χ2n) is 4.78. The summed E-state index contributed by atoms with van der Waals surface area (Å²) in [6.45, 7) is 1.96. The lowest BCUT2D eigenvalue weighted by atomic mass is 10.3. The average molecular weight is 388 g/mol. The topological polar surface area (TPSA) is 35.6 Å². The lowest BCUT2D eigenvalue weighted by Crippen LogP contribution is -2.06. The van der Waals surface area contributed by atoms with E-state index in [1.54, 1.807) is 0 Å². The second kappa shape index (κ2) is 5.63. The number of hydrogen-bond donors (Lipinski definition) is 0. The first-order valence-corrected chi connectivity index (χ1v) is 8.15. The molecule has 0 fully saturated rings. The maximum Gasteiger partial charge on any atom is 0.163 e. The van der Waals surface area contributed by atoms with Gasteiger partial charge in [0.1, 0.15) is 11.3 Å². The van der Waals surface area contributed by atoms with Crippen LogP contribution in [0.4, 0.5) is 0 Å². The van der Waals surface area contributed by atoms with Gasteiger partial charge in [-0.25, -0.2) is 9.67 Å². The van der Waals surface area contributed by atoms with Crippen molar-refractivity contribution in [3.8, 4) is 5.69 Å². The van der Waals surface area contributed by atoms with Crippen LogP contribution in [0.15, 0.2) is 22.7 Å². The zero-order chi connectivity index (χ0) is 15.1. The normalized spacial score (nSPS) is 11.5. The minimum absolute atomic E-state index is 0.508. The molecule has 0 aliphatic rings. The molecule has 0 atom stereocenters. The van der Waals surface area contributed by atoms with Crippen molar-refractivity contribution < 1.29 is 0 Å². The largest absolute Gasteiger partial charge is 0.280 e. The zero-order valence-corrected chi connectivity index (χ0v) is 14.7. The molecule has 2 heterocycles. The molecule has 2 aromatic heterocycles. The summed E-state index contributed by atoms with van der Waals surface area (Å²) in [4.78, 5) is 4.70. The van der Waals surface area contributed by atoms with Gasteiger partial charge in [0.05, 0.1) is 11.4 Å². The number of halogens is 3. The Kier molecular flexibility index (Phi) is 3.99. The molecule has 7 heteroatoms. The van der Waals surface area contributed by atoms with Crippen LogP contribution in [-0.2, 0) is 13.5 Å². The van der Waals surface area contributed by atoms with Gasteiger partial charge in [-0.2, -0.15) is 5.10 Å². The van der Waals surface area contributed by atoms with Crippen molar-refractivity contribution in [3.05, 3.63) is 39.2 Å². The summed E-state index contributed by atoms with van der Waals surface area (Å²) in [5, 5.41) is 5.11. The summed E-state index contributed by atoms with van der Waals surface area (Å²) < 4.78 is 4.84. The van der Waals surface area contributed by atoms with Gasteiger partial charge in [-0.15, -0.1) is 11.6 Å². The van der Waals surface area contributed by atoms with Crippen molar-refractivity contribution >= 4 is 50.3 Å². The number of rotatable bonds is 3. The number of nitrogens with zero attached hydrogens (tertiary/aromatic N) is 4. The molecule has 21 heavy (non-hydrogen) atoms. The van der Waals surface area contributed by atoms with E-state index in [2.05, 4.69) is 25.6 Å². The smallest absolute Gasteiger partial charge is 0.163 e. The molecule has 0 spiro atoms. The first kappa shape index (κ1) is 14.9. The molecule has 0 N–H and O–H groups in total. The highest BCUT2D eigenvalue weighted by molar-refractivity contribution is 9.10. The summed E-state index contributed by atoms with van der Waals surface area (Å²) in [7, 11) is 1.91. The van der Waals surface area contributed by atoms with Crippen molar-refractivity contribution in [2.24, 2.45) is 7.05 Å². The quantitative estimate of drug-likeness (QED) is 0.629. The third-order valence-electron chi connectivity index (χ3n) is 3.34. The lowest BCUT2D eigenvalue weighted by molar-refractivity contribution is 0.750. The third kappa shape index (κ3) is 2.47. The molecule has 4 nitrogen and oxygen atoms in total. The van der Waals surface area contributed by atoms with Gasteiger partial charge >= 0.3 is 0 Å². The summed E-state index contributed by atoms with van der Waals surface area (Å²) in [5.41, 5.74) is 3.67. The van der Waals surface area contributed by atoms with E-state index < -0.39 is 0 Å². The molecule has 0 bridgehead atoms. The summed E-state index contributed by atoms with van der Waals surface area (Å²) in [6.07, 6.45) is 0.675. The standard InChI is InChI=1S/C14H13BrCl2N4/c1-8-13-14(20(2)19-8)21(12(18-13)5-6-16)11-7-9(17)3-4-10(11)15/h3-4,7H,5-6H2,1-2H3. The van der Waals surface area contributed by atoms with Crippen LogP contribution in [0.3, 0.4) is 0 Å². The molecule has 0 saturated heterocycles. The highest BCUT2D eigenvalue weighted by atomic mass is 79.9. The first-order valence-electron chi connectivity index (χ1n) is 6.45. The van der Waals surface area contributed by atoms with Crippen molar-refractivity contribution in [3.63, 3.8) is 0 Å². The monoisotopic (exact) mass is 386 g/mol. The number of fused-ring (bicyclic) bond motifs is 1. The molecule has 0 saturated carbocycles. The van der Waals surface area contributed by atoms with Crippen LogP contribution >= 0.6 is 39.1 Å². The van der Waals surface area contributed by atoms with Gasteiger partial charge in [0.2, 0.25) is 0 Å². The molecule has 1 aromatic carbocycles. The van der Waals surface area contributed by atoms with Gasteiger partial charge < -0.3 is 0 Å². The van der Waals surface area contributed by atoms with Gasteiger partial charge in [0.25, 0.3) is 0 Å². The van der Waals surface area contributed by atoms with Crippen LogP contribution in [0.5, 0.6) is 0 Å². The Bertz CT molecular complexity index is 822. The minimum Gasteiger partial charge on any atom is -0.280 e. The fraction of sp³-hybridized carbons (Fsp3) is 0.286. The van der Waals surface area contributed by atoms with Crippen LogP contribution in [0.2, 0.25) is 5.02 Å². The van der Waals surface area contributed by atoms with Crippen molar-refractivity contribution in [1.29, 1.82) is 0 Å². The molecule has 0 unspecified atom stereocenters. The van der Waals surface area contributed by atoms with E-state index in [0.29, 0.717) is 17.3 Å².